The molecule has 1 aliphatic carbocycles. The molecular weight excluding hydrogens is 593 g/mol. The number of nitrogens with one attached hydrogen (secondary N) is 2. The standard InChI is InChI=1S/C34H36F5N3O3/c35-27-12-22(13-28(36)18-27)14-30(31(43)20-40-19-21-5-3-8-26(11-21)34(37,38)39)41-33(45)25-15-24(23-6-1-2-7-23)16-29(17-25)42-10-4-9-32(42)44/h3,5,8,11-13,15-18,23,30-31,40,43H,1-2,4,6-7,9-10,14,19-20H2,(H,41,45)/t30-,31+/m0/s1. The fourth-order valence-corrected chi connectivity index (χ4v) is 6.22. The van der Waals surface area contributed by atoms with Gasteiger partial charge in [-0.15, -0.1) is 0 Å². The predicted molar refractivity (Wildman–Crippen MR) is 160 cm³/mol. The third-order valence-electron chi connectivity index (χ3n) is 8.51. The van der Waals surface area contributed by atoms with E-state index < -0.39 is 41.4 Å². The van der Waals surface area contributed by atoms with Gasteiger partial charge in [0.15, 0.2) is 0 Å². The number of benzene rings is 3. The van der Waals surface area contributed by atoms with Crippen molar-refractivity contribution in [3.05, 3.63) is 100 Å². The summed E-state index contributed by atoms with van der Waals surface area (Å²) in [6.07, 6.45) is -0.639. The number of aliphatic hydroxyl groups excluding tert-OH is 1. The average Bonchev–Trinajstić information content (AvgIpc) is 3.68. The first kappa shape index (κ1) is 32.6. The molecule has 0 spiro atoms. The first-order valence-electron chi connectivity index (χ1n) is 15.2. The van der Waals surface area contributed by atoms with Crippen LogP contribution in [0.4, 0.5) is 27.6 Å². The van der Waals surface area contributed by atoms with E-state index in [9.17, 15) is 36.6 Å². The maximum absolute atomic E-state index is 14.0. The van der Waals surface area contributed by atoms with E-state index in [1.807, 2.05) is 6.07 Å². The summed E-state index contributed by atoms with van der Waals surface area (Å²) in [5.74, 6) is -1.90. The number of alkyl halides is 3. The second kappa shape index (κ2) is 14.1. The van der Waals surface area contributed by atoms with E-state index in [1.54, 1.807) is 17.0 Å². The molecule has 3 aromatic carbocycles. The number of hydrogen-bond acceptors (Lipinski definition) is 4. The molecule has 2 atom stereocenters. The molecule has 2 fully saturated rings. The third kappa shape index (κ3) is 8.46. The molecule has 45 heavy (non-hydrogen) atoms. The van der Waals surface area contributed by atoms with Crippen LogP contribution in [0.3, 0.4) is 0 Å². The summed E-state index contributed by atoms with van der Waals surface area (Å²) in [7, 11) is 0. The second-order valence-electron chi connectivity index (χ2n) is 11.9. The zero-order valence-corrected chi connectivity index (χ0v) is 24.7. The number of carbonyl (C=O) groups excluding carboxylic acids is 2. The highest BCUT2D eigenvalue weighted by molar-refractivity contribution is 5.99. The Bertz CT molecular complexity index is 1500. The van der Waals surface area contributed by atoms with Gasteiger partial charge in [-0.05, 0) is 84.7 Å². The fourth-order valence-electron chi connectivity index (χ4n) is 6.22. The fraction of sp³-hybridized carbons (Fsp3) is 0.412. The number of aliphatic hydroxyl groups is 1. The van der Waals surface area contributed by atoms with Crippen molar-refractivity contribution >= 4 is 17.5 Å². The number of rotatable bonds is 11. The Labute approximate surface area is 258 Å². The molecule has 0 radical (unpaired) electrons. The van der Waals surface area contributed by atoms with E-state index >= 15 is 0 Å². The van der Waals surface area contributed by atoms with Gasteiger partial charge in [0.2, 0.25) is 5.91 Å². The summed E-state index contributed by atoms with van der Waals surface area (Å²) in [4.78, 5) is 28.0. The largest absolute Gasteiger partial charge is 0.416 e. The molecule has 1 saturated heterocycles. The van der Waals surface area contributed by atoms with Crippen molar-refractivity contribution in [2.24, 2.45) is 0 Å². The number of halogens is 5. The molecule has 0 bridgehead atoms. The lowest BCUT2D eigenvalue weighted by atomic mass is 9.94. The lowest BCUT2D eigenvalue weighted by Crippen LogP contribution is -2.48. The van der Waals surface area contributed by atoms with Crippen LogP contribution in [0.5, 0.6) is 0 Å². The summed E-state index contributed by atoms with van der Waals surface area (Å²) >= 11 is 0. The van der Waals surface area contributed by atoms with Gasteiger partial charge in [0, 0.05) is 43.4 Å². The van der Waals surface area contributed by atoms with Gasteiger partial charge in [-0.1, -0.05) is 31.0 Å². The van der Waals surface area contributed by atoms with Crippen LogP contribution in [0.1, 0.15) is 77.1 Å². The lowest BCUT2D eigenvalue weighted by Gasteiger charge is -2.26. The normalized spacial score (nSPS) is 17.1. The highest BCUT2D eigenvalue weighted by Gasteiger charge is 2.31. The Morgan fingerprint density at radius 1 is 0.956 bits per heavy atom. The van der Waals surface area contributed by atoms with Crippen LogP contribution in [0.25, 0.3) is 0 Å². The molecule has 3 aromatic rings. The number of nitrogens with zero attached hydrogens (tertiary/aromatic N) is 1. The summed E-state index contributed by atoms with van der Waals surface area (Å²) in [5.41, 5.74) is 1.65. The molecule has 240 valence electrons. The van der Waals surface area contributed by atoms with Gasteiger partial charge >= 0.3 is 6.18 Å². The van der Waals surface area contributed by atoms with Gasteiger partial charge in [-0.2, -0.15) is 13.2 Å². The summed E-state index contributed by atoms with van der Waals surface area (Å²) < 4.78 is 67.4. The van der Waals surface area contributed by atoms with Crippen LogP contribution in [-0.4, -0.2) is 42.2 Å². The van der Waals surface area contributed by atoms with Gasteiger partial charge in [-0.3, -0.25) is 9.59 Å². The van der Waals surface area contributed by atoms with E-state index in [-0.39, 0.29) is 36.9 Å². The molecule has 1 heterocycles. The molecule has 0 unspecified atom stereocenters. The van der Waals surface area contributed by atoms with Crippen molar-refractivity contribution in [1.29, 1.82) is 0 Å². The minimum atomic E-state index is -4.50. The molecule has 0 aromatic heterocycles. The first-order chi connectivity index (χ1) is 21.5. The quantitative estimate of drug-likeness (QED) is 0.219. The predicted octanol–water partition coefficient (Wildman–Crippen LogP) is 6.26. The number of anilines is 1. The van der Waals surface area contributed by atoms with E-state index in [0.717, 1.165) is 68.0 Å². The highest BCUT2D eigenvalue weighted by Crippen LogP contribution is 2.37. The molecular formula is C34H36F5N3O3. The minimum Gasteiger partial charge on any atom is -0.390 e. The monoisotopic (exact) mass is 629 g/mol. The van der Waals surface area contributed by atoms with Crippen molar-refractivity contribution in [2.45, 2.75) is 75.7 Å². The van der Waals surface area contributed by atoms with E-state index in [2.05, 4.69) is 10.6 Å². The smallest absolute Gasteiger partial charge is 0.390 e. The van der Waals surface area contributed by atoms with Gasteiger partial charge in [0.1, 0.15) is 11.6 Å². The lowest BCUT2D eigenvalue weighted by molar-refractivity contribution is -0.137. The molecule has 2 amide bonds. The molecule has 5 rings (SSSR count). The van der Waals surface area contributed by atoms with Crippen molar-refractivity contribution in [3.63, 3.8) is 0 Å². The summed E-state index contributed by atoms with van der Waals surface area (Å²) in [6.45, 7) is 0.430. The first-order valence-corrected chi connectivity index (χ1v) is 15.2. The van der Waals surface area contributed by atoms with Gasteiger partial charge in [0.05, 0.1) is 17.7 Å². The van der Waals surface area contributed by atoms with E-state index in [0.29, 0.717) is 29.8 Å². The number of carbonyl (C=O) groups is 2. The zero-order chi connectivity index (χ0) is 32.1. The molecule has 1 saturated carbocycles. The Balaban J connectivity index is 1.36. The van der Waals surface area contributed by atoms with Crippen LogP contribution in [-0.2, 0) is 23.9 Å². The van der Waals surface area contributed by atoms with E-state index in [1.165, 1.54) is 12.1 Å². The Morgan fingerprint density at radius 3 is 2.36 bits per heavy atom. The van der Waals surface area contributed by atoms with Gasteiger partial charge in [-0.25, -0.2) is 8.78 Å². The van der Waals surface area contributed by atoms with Crippen LogP contribution in [0.2, 0.25) is 0 Å². The Morgan fingerprint density at radius 2 is 1.69 bits per heavy atom. The summed E-state index contributed by atoms with van der Waals surface area (Å²) in [6, 6.07) is 12.1. The van der Waals surface area contributed by atoms with Crippen molar-refractivity contribution in [1.82, 2.24) is 10.6 Å². The maximum Gasteiger partial charge on any atom is 0.416 e. The van der Waals surface area contributed by atoms with Crippen molar-refractivity contribution < 1.29 is 36.6 Å². The van der Waals surface area contributed by atoms with E-state index in [4.69, 9.17) is 0 Å². The molecule has 11 heteroatoms. The number of amides is 2. The molecule has 1 aliphatic heterocycles. The van der Waals surface area contributed by atoms with Crippen molar-refractivity contribution in [2.75, 3.05) is 18.0 Å². The van der Waals surface area contributed by atoms with Crippen LogP contribution in [0, 0.1) is 11.6 Å². The third-order valence-corrected chi connectivity index (χ3v) is 8.51. The van der Waals surface area contributed by atoms with Crippen molar-refractivity contribution in [3.8, 4) is 0 Å². The van der Waals surface area contributed by atoms with Crippen LogP contribution in [0.15, 0.2) is 60.7 Å². The second-order valence-corrected chi connectivity index (χ2v) is 11.9. The molecule has 2 aliphatic rings. The highest BCUT2D eigenvalue weighted by atomic mass is 19.4. The topological polar surface area (TPSA) is 81.7 Å². The van der Waals surface area contributed by atoms with Crippen LogP contribution < -0.4 is 15.5 Å². The average molecular weight is 630 g/mol. The SMILES string of the molecule is O=C(N[C@@H](Cc1cc(F)cc(F)c1)[C@H](O)CNCc1cccc(C(F)(F)F)c1)c1cc(C2CCCC2)cc(N2CCCC2=O)c1. The van der Waals surface area contributed by atoms with Crippen LogP contribution >= 0.6 is 0 Å². The molecule has 6 nitrogen and oxygen atoms in total. The minimum absolute atomic E-state index is 0.00684. The Hall–Kier alpha value is -3.83. The Kier molecular flexibility index (Phi) is 10.2. The molecule has 3 N–H and O–H groups in total. The van der Waals surface area contributed by atoms with Gasteiger partial charge < -0.3 is 20.6 Å². The van der Waals surface area contributed by atoms with Gasteiger partial charge in [0.25, 0.3) is 5.91 Å². The number of hydrogen-bond donors (Lipinski definition) is 3. The maximum atomic E-state index is 14.0. The zero-order valence-electron chi connectivity index (χ0n) is 24.7. The summed E-state index contributed by atoms with van der Waals surface area (Å²) in [5, 5.41) is 16.9.